The standard InChI is InChI=1S/C11H9ClN2O/c1-15-8-6-13-11(14-7-8)9-4-2-3-5-10(9)12/h2-7H,1H3. The molecule has 0 spiro atoms. The number of aromatic nitrogens is 2. The Bertz CT molecular complexity index is 456. The molecule has 0 fully saturated rings. The molecule has 1 aromatic heterocycles. The van der Waals surface area contributed by atoms with Gasteiger partial charge in [0.25, 0.3) is 0 Å². The van der Waals surface area contributed by atoms with Gasteiger partial charge in [-0.3, -0.25) is 0 Å². The van der Waals surface area contributed by atoms with Crippen molar-refractivity contribution in [3.05, 3.63) is 41.7 Å². The molecular formula is C11H9ClN2O. The number of rotatable bonds is 2. The first-order chi connectivity index (χ1) is 7.31. The molecule has 2 aromatic rings. The quantitative estimate of drug-likeness (QED) is 0.781. The maximum absolute atomic E-state index is 6.02. The van der Waals surface area contributed by atoms with Crippen LogP contribution in [-0.2, 0) is 0 Å². The molecule has 0 radical (unpaired) electrons. The largest absolute Gasteiger partial charge is 0.494 e. The highest BCUT2D eigenvalue weighted by molar-refractivity contribution is 6.33. The Balaban J connectivity index is 2.42. The fraction of sp³-hybridized carbons (Fsp3) is 0.0909. The number of hydrogen-bond donors (Lipinski definition) is 0. The van der Waals surface area contributed by atoms with Crippen LogP contribution in [0, 0.1) is 0 Å². The van der Waals surface area contributed by atoms with Gasteiger partial charge in [-0.2, -0.15) is 0 Å². The average molecular weight is 221 g/mol. The lowest BCUT2D eigenvalue weighted by atomic mass is 10.2. The predicted molar refractivity (Wildman–Crippen MR) is 59.0 cm³/mol. The third kappa shape index (κ3) is 2.07. The van der Waals surface area contributed by atoms with Crippen molar-refractivity contribution in [3.63, 3.8) is 0 Å². The third-order valence-corrected chi connectivity index (χ3v) is 2.31. The minimum Gasteiger partial charge on any atom is -0.494 e. The maximum Gasteiger partial charge on any atom is 0.160 e. The zero-order chi connectivity index (χ0) is 10.7. The predicted octanol–water partition coefficient (Wildman–Crippen LogP) is 2.81. The monoisotopic (exact) mass is 220 g/mol. The van der Waals surface area contributed by atoms with E-state index in [-0.39, 0.29) is 0 Å². The van der Waals surface area contributed by atoms with Crippen LogP contribution in [0.5, 0.6) is 5.75 Å². The van der Waals surface area contributed by atoms with Gasteiger partial charge in [-0.1, -0.05) is 23.7 Å². The topological polar surface area (TPSA) is 35.0 Å². The fourth-order valence-electron chi connectivity index (χ4n) is 1.20. The lowest BCUT2D eigenvalue weighted by Gasteiger charge is -2.03. The van der Waals surface area contributed by atoms with Gasteiger partial charge in [0.2, 0.25) is 0 Å². The molecule has 0 N–H and O–H groups in total. The van der Waals surface area contributed by atoms with Crippen molar-refractivity contribution < 1.29 is 4.74 Å². The van der Waals surface area contributed by atoms with Gasteiger partial charge in [-0.25, -0.2) is 9.97 Å². The summed E-state index contributed by atoms with van der Waals surface area (Å²) in [4.78, 5) is 8.32. The summed E-state index contributed by atoms with van der Waals surface area (Å²) in [6.07, 6.45) is 3.23. The van der Waals surface area contributed by atoms with Crippen LogP contribution >= 0.6 is 11.6 Å². The molecule has 1 heterocycles. The van der Waals surface area contributed by atoms with E-state index in [0.29, 0.717) is 16.6 Å². The highest BCUT2D eigenvalue weighted by atomic mass is 35.5. The average Bonchev–Trinajstić information content (AvgIpc) is 2.30. The first-order valence-corrected chi connectivity index (χ1v) is 4.80. The molecule has 0 saturated heterocycles. The smallest absolute Gasteiger partial charge is 0.160 e. The second kappa shape index (κ2) is 4.28. The summed E-state index contributed by atoms with van der Waals surface area (Å²) in [6.45, 7) is 0. The maximum atomic E-state index is 6.02. The zero-order valence-electron chi connectivity index (χ0n) is 8.14. The molecule has 0 atom stereocenters. The van der Waals surface area contributed by atoms with E-state index >= 15 is 0 Å². The number of nitrogens with zero attached hydrogens (tertiary/aromatic N) is 2. The molecule has 0 aliphatic heterocycles. The lowest BCUT2D eigenvalue weighted by molar-refractivity contribution is 0.411. The molecule has 4 heteroatoms. The van der Waals surface area contributed by atoms with Crippen molar-refractivity contribution in [2.45, 2.75) is 0 Å². The first kappa shape index (κ1) is 9.93. The Labute approximate surface area is 92.7 Å². The van der Waals surface area contributed by atoms with Gasteiger partial charge >= 0.3 is 0 Å². The number of hydrogen-bond acceptors (Lipinski definition) is 3. The van der Waals surface area contributed by atoms with E-state index in [4.69, 9.17) is 16.3 Å². The van der Waals surface area contributed by atoms with E-state index in [1.165, 1.54) is 0 Å². The molecular weight excluding hydrogens is 212 g/mol. The van der Waals surface area contributed by atoms with Crippen LogP contribution in [0.2, 0.25) is 5.02 Å². The minimum atomic E-state index is 0.599. The summed E-state index contributed by atoms with van der Waals surface area (Å²) in [7, 11) is 1.58. The van der Waals surface area contributed by atoms with E-state index in [2.05, 4.69) is 9.97 Å². The highest BCUT2D eigenvalue weighted by Crippen LogP contribution is 2.24. The molecule has 0 bridgehead atoms. The molecule has 76 valence electrons. The van der Waals surface area contributed by atoms with E-state index in [1.807, 2.05) is 24.3 Å². The van der Waals surface area contributed by atoms with Crippen molar-refractivity contribution in [3.8, 4) is 17.1 Å². The van der Waals surface area contributed by atoms with E-state index < -0.39 is 0 Å². The van der Waals surface area contributed by atoms with Gasteiger partial charge in [0.05, 0.1) is 24.5 Å². The summed E-state index contributed by atoms with van der Waals surface area (Å²) in [5, 5.41) is 0.641. The molecule has 2 rings (SSSR count). The Hall–Kier alpha value is -1.61. The Kier molecular flexibility index (Phi) is 2.83. The molecule has 0 aliphatic carbocycles. The number of benzene rings is 1. The summed E-state index contributed by atoms with van der Waals surface area (Å²) >= 11 is 6.02. The van der Waals surface area contributed by atoms with Gasteiger partial charge in [0.15, 0.2) is 11.6 Å². The summed E-state index contributed by atoms with van der Waals surface area (Å²) < 4.78 is 4.98. The molecule has 0 unspecified atom stereocenters. The summed E-state index contributed by atoms with van der Waals surface area (Å²) in [5.41, 5.74) is 0.821. The van der Waals surface area contributed by atoms with Gasteiger partial charge in [-0.15, -0.1) is 0 Å². The lowest BCUT2D eigenvalue weighted by Crippen LogP contribution is -1.91. The van der Waals surface area contributed by atoms with Crippen molar-refractivity contribution in [1.29, 1.82) is 0 Å². The second-order valence-corrected chi connectivity index (χ2v) is 3.33. The molecule has 3 nitrogen and oxygen atoms in total. The van der Waals surface area contributed by atoms with E-state index in [9.17, 15) is 0 Å². The van der Waals surface area contributed by atoms with Crippen LogP contribution in [-0.4, -0.2) is 17.1 Å². The molecule has 15 heavy (non-hydrogen) atoms. The molecule has 1 aromatic carbocycles. The van der Waals surface area contributed by atoms with Crippen molar-refractivity contribution in [2.24, 2.45) is 0 Å². The van der Waals surface area contributed by atoms with Gasteiger partial charge in [0.1, 0.15) is 0 Å². The number of halogens is 1. The van der Waals surface area contributed by atoms with Crippen molar-refractivity contribution >= 4 is 11.6 Å². The fourth-order valence-corrected chi connectivity index (χ4v) is 1.42. The van der Waals surface area contributed by atoms with Crippen LogP contribution in [0.4, 0.5) is 0 Å². The normalized spacial score (nSPS) is 10.0. The minimum absolute atomic E-state index is 0.599. The SMILES string of the molecule is COc1cnc(-c2ccccc2Cl)nc1. The van der Waals surface area contributed by atoms with E-state index in [0.717, 1.165) is 5.56 Å². The number of methoxy groups -OCH3 is 1. The molecule has 0 aliphatic rings. The van der Waals surface area contributed by atoms with Crippen LogP contribution in [0.3, 0.4) is 0 Å². The molecule has 0 saturated carbocycles. The van der Waals surface area contributed by atoms with Crippen LogP contribution in [0.15, 0.2) is 36.7 Å². The Morgan fingerprint density at radius 1 is 1.13 bits per heavy atom. The zero-order valence-corrected chi connectivity index (χ0v) is 8.90. The van der Waals surface area contributed by atoms with Crippen LogP contribution in [0.25, 0.3) is 11.4 Å². The Morgan fingerprint density at radius 2 is 1.80 bits per heavy atom. The second-order valence-electron chi connectivity index (χ2n) is 2.93. The summed E-state index contributed by atoms with van der Waals surface area (Å²) in [5.74, 6) is 1.23. The van der Waals surface area contributed by atoms with Crippen LogP contribution < -0.4 is 4.74 Å². The van der Waals surface area contributed by atoms with Gasteiger partial charge < -0.3 is 4.74 Å². The Morgan fingerprint density at radius 3 is 2.40 bits per heavy atom. The van der Waals surface area contributed by atoms with Crippen molar-refractivity contribution in [1.82, 2.24) is 9.97 Å². The van der Waals surface area contributed by atoms with Crippen molar-refractivity contribution in [2.75, 3.05) is 7.11 Å². The van der Waals surface area contributed by atoms with Gasteiger partial charge in [-0.05, 0) is 12.1 Å². The van der Waals surface area contributed by atoms with E-state index in [1.54, 1.807) is 19.5 Å². The summed E-state index contributed by atoms with van der Waals surface area (Å²) in [6, 6.07) is 7.46. The van der Waals surface area contributed by atoms with Crippen LogP contribution in [0.1, 0.15) is 0 Å². The number of ether oxygens (including phenoxy) is 1. The highest BCUT2D eigenvalue weighted by Gasteiger charge is 2.04. The first-order valence-electron chi connectivity index (χ1n) is 4.42. The van der Waals surface area contributed by atoms with Gasteiger partial charge in [0, 0.05) is 5.56 Å². The molecule has 0 amide bonds. The third-order valence-electron chi connectivity index (χ3n) is 1.98.